The molecule has 3 nitrogen and oxygen atoms in total. The van der Waals surface area contributed by atoms with Crippen LogP contribution in [0.5, 0.6) is 0 Å². The molecule has 15 heavy (non-hydrogen) atoms. The first-order valence-electron chi connectivity index (χ1n) is 5.10. The standard InChI is InChI=1S/C12H16N2O/c1-7-3-8(2)12-9(11(15)5-13)6-14-10(12)4-7/h3-4,6,11,14-15H,5,13H2,1-2H3. The third kappa shape index (κ3) is 1.64. The zero-order valence-corrected chi connectivity index (χ0v) is 9.04. The summed E-state index contributed by atoms with van der Waals surface area (Å²) >= 11 is 0. The molecule has 2 aromatic rings. The Morgan fingerprint density at radius 1 is 1.40 bits per heavy atom. The summed E-state index contributed by atoms with van der Waals surface area (Å²) in [6.07, 6.45) is 1.26. The Hall–Kier alpha value is -1.32. The van der Waals surface area contributed by atoms with Crippen molar-refractivity contribution in [1.82, 2.24) is 4.98 Å². The predicted molar refractivity (Wildman–Crippen MR) is 61.8 cm³/mol. The van der Waals surface area contributed by atoms with E-state index in [1.807, 2.05) is 6.20 Å². The highest BCUT2D eigenvalue weighted by molar-refractivity contribution is 5.87. The molecule has 0 amide bonds. The molecule has 0 spiro atoms. The first kappa shape index (κ1) is 10.2. The lowest BCUT2D eigenvalue weighted by Gasteiger charge is -2.08. The van der Waals surface area contributed by atoms with Crippen molar-refractivity contribution < 1.29 is 5.11 Å². The van der Waals surface area contributed by atoms with Crippen LogP contribution in [0.1, 0.15) is 22.8 Å². The summed E-state index contributed by atoms with van der Waals surface area (Å²) in [6.45, 7) is 4.36. The van der Waals surface area contributed by atoms with Crippen LogP contribution in [0.2, 0.25) is 0 Å². The quantitative estimate of drug-likeness (QED) is 0.698. The summed E-state index contributed by atoms with van der Waals surface area (Å²) in [7, 11) is 0. The van der Waals surface area contributed by atoms with Crippen LogP contribution in [0.3, 0.4) is 0 Å². The average Bonchev–Trinajstić information content (AvgIpc) is 2.60. The van der Waals surface area contributed by atoms with Crippen molar-refractivity contribution >= 4 is 10.9 Å². The maximum absolute atomic E-state index is 9.76. The summed E-state index contributed by atoms with van der Waals surface area (Å²) in [4.78, 5) is 3.17. The zero-order chi connectivity index (χ0) is 11.0. The number of nitrogens with one attached hydrogen (secondary N) is 1. The predicted octanol–water partition coefficient (Wildman–Crippen LogP) is 1.78. The number of hydrogen-bond donors (Lipinski definition) is 3. The molecule has 1 unspecified atom stereocenters. The first-order chi connectivity index (χ1) is 7.13. The van der Waals surface area contributed by atoms with E-state index in [0.717, 1.165) is 16.5 Å². The minimum absolute atomic E-state index is 0.250. The Balaban J connectivity index is 2.69. The smallest absolute Gasteiger partial charge is 0.0932 e. The highest BCUT2D eigenvalue weighted by Crippen LogP contribution is 2.27. The van der Waals surface area contributed by atoms with Gasteiger partial charge in [-0.1, -0.05) is 6.07 Å². The van der Waals surface area contributed by atoms with Crippen molar-refractivity contribution in [2.24, 2.45) is 5.73 Å². The molecule has 0 radical (unpaired) electrons. The monoisotopic (exact) mass is 204 g/mol. The second-order valence-electron chi connectivity index (χ2n) is 4.00. The van der Waals surface area contributed by atoms with Crippen molar-refractivity contribution in [2.75, 3.05) is 6.54 Å². The Labute approximate surface area is 88.9 Å². The van der Waals surface area contributed by atoms with E-state index < -0.39 is 6.10 Å². The minimum atomic E-state index is -0.583. The number of aromatic amines is 1. The SMILES string of the molecule is Cc1cc(C)c2c(C(O)CN)c[nH]c2c1. The molecule has 3 heteroatoms. The lowest BCUT2D eigenvalue weighted by molar-refractivity contribution is 0.188. The van der Waals surface area contributed by atoms with Crippen LogP contribution in [-0.2, 0) is 0 Å². The Bertz CT molecular complexity index is 488. The van der Waals surface area contributed by atoms with Crippen LogP contribution in [0.4, 0.5) is 0 Å². The molecule has 0 aliphatic rings. The molecule has 1 heterocycles. The molecular formula is C12H16N2O. The van der Waals surface area contributed by atoms with Crippen molar-refractivity contribution in [3.8, 4) is 0 Å². The van der Waals surface area contributed by atoms with Crippen LogP contribution in [-0.4, -0.2) is 16.6 Å². The van der Waals surface area contributed by atoms with Gasteiger partial charge in [0.25, 0.3) is 0 Å². The topological polar surface area (TPSA) is 62.0 Å². The fourth-order valence-corrected chi connectivity index (χ4v) is 2.08. The number of benzene rings is 1. The molecule has 1 aromatic heterocycles. The molecule has 4 N–H and O–H groups in total. The van der Waals surface area contributed by atoms with Gasteiger partial charge < -0.3 is 15.8 Å². The van der Waals surface area contributed by atoms with Crippen molar-refractivity contribution in [3.05, 3.63) is 35.0 Å². The Kier molecular flexibility index (Phi) is 2.50. The number of aromatic nitrogens is 1. The molecule has 0 fully saturated rings. The van der Waals surface area contributed by atoms with E-state index in [0.29, 0.717) is 0 Å². The van der Waals surface area contributed by atoms with E-state index in [9.17, 15) is 5.11 Å². The first-order valence-corrected chi connectivity index (χ1v) is 5.10. The van der Waals surface area contributed by atoms with Gasteiger partial charge in [0, 0.05) is 29.2 Å². The van der Waals surface area contributed by atoms with Gasteiger partial charge in [-0.2, -0.15) is 0 Å². The van der Waals surface area contributed by atoms with Gasteiger partial charge in [0.05, 0.1) is 6.10 Å². The fourth-order valence-electron chi connectivity index (χ4n) is 2.08. The number of aliphatic hydroxyl groups is 1. The van der Waals surface area contributed by atoms with Crippen molar-refractivity contribution in [1.29, 1.82) is 0 Å². The van der Waals surface area contributed by atoms with E-state index >= 15 is 0 Å². The summed E-state index contributed by atoms with van der Waals surface area (Å²) in [5.74, 6) is 0. The molecule has 0 bridgehead atoms. The van der Waals surface area contributed by atoms with E-state index in [-0.39, 0.29) is 6.54 Å². The third-order valence-corrected chi connectivity index (χ3v) is 2.73. The molecular weight excluding hydrogens is 188 g/mol. The van der Waals surface area contributed by atoms with E-state index in [4.69, 9.17) is 5.73 Å². The van der Waals surface area contributed by atoms with Gasteiger partial charge in [0.1, 0.15) is 0 Å². The Morgan fingerprint density at radius 3 is 2.80 bits per heavy atom. The number of hydrogen-bond acceptors (Lipinski definition) is 2. The number of rotatable bonds is 2. The molecule has 0 aliphatic carbocycles. The number of aryl methyl sites for hydroxylation is 2. The zero-order valence-electron chi connectivity index (χ0n) is 9.04. The maximum Gasteiger partial charge on any atom is 0.0932 e. The van der Waals surface area contributed by atoms with Crippen LogP contribution >= 0.6 is 0 Å². The molecule has 2 rings (SSSR count). The van der Waals surface area contributed by atoms with E-state index in [1.165, 1.54) is 11.1 Å². The summed E-state index contributed by atoms with van der Waals surface area (Å²) in [6, 6.07) is 4.19. The van der Waals surface area contributed by atoms with Crippen molar-refractivity contribution in [3.63, 3.8) is 0 Å². The number of aliphatic hydroxyl groups excluding tert-OH is 1. The molecule has 0 saturated heterocycles. The van der Waals surface area contributed by atoms with Gasteiger partial charge in [-0.25, -0.2) is 0 Å². The molecule has 0 aliphatic heterocycles. The molecule has 1 atom stereocenters. The minimum Gasteiger partial charge on any atom is -0.387 e. The van der Waals surface area contributed by atoms with Gasteiger partial charge in [-0.05, 0) is 31.0 Å². The van der Waals surface area contributed by atoms with Gasteiger partial charge in [0.2, 0.25) is 0 Å². The lowest BCUT2D eigenvalue weighted by Crippen LogP contribution is -2.11. The fraction of sp³-hybridized carbons (Fsp3) is 0.333. The van der Waals surface area contributed by atoms with Gasteiger partial charge in [-0.3, -0.25) is 0 Å². The highest BCUT2D eigenvalue weighted by atomic mass is 16.3. The average molecular weight is 204 g/mol. The van der Waals surface area contributed by atoms with Crippen LogP contribution < -0.4 is 5.73 Å². The number of fused-ring (bicyclic) bond motifs is 1. The second-order valence-corrected chi connectivity index (χ2v) is 4.00. The largest absolute Gasteiger partial charge is 0.387 e. The summed E-state index contributed by atoms with van der Waals surface area (Å²) in [5, 5.41) is 10.9. The van der Waals surface area contributed by atoms with E-state index in [1.54, 1.807) is 0 Å². The normalized spacial score (nSPS) is 13.3. The summed E-state index contributed by atoms with van der Waals surface area (Å²) in [5.41, 5.74) is 9.82. The molecule has 0 saturated carbocycles. The number of nitrogens with two attached hydrogens (primary N) is 1. The lowest BCUT2D eigenvalue weighted by atomic mass is 10.0. The Morgan fingerprint density at radius 2 is 2.13 bits per heavy atom. The maximum atomic E-state index is 9.76. The second kappa shape index (κ2) is 3.68. The van der Waals surface area contributed by atoms with Crippen LogP contribution in [0, 0.1) is 13.8 Å². The van der Waals surface area contributed by atoms with E-state index in [2.05, 4.69) is 31.0 Å². The molecule has 80 valence electrons. The highest BCUT2D eigenvalue weighted by Gasteiger charge is 2.13. The van der Waals surface area contributed by atoms with Crippen molar-refractivity contribution in [2.45, 2.75) is 20.0 Å². The number of H-pyrrole nitrogens is 1. The molecule has 1 aromatic carbocycles. The summed E-state index contributed by atoms with van der Waals surface area (Å²) < 4.78 is 0. The van der Waals surface area contributed by atoms with Crippen LogP contribution in [0.25, 0.3) is 10.9 Å². The van der Waals surface area contributed by atoms with Gasteiger partial charge in [-0.15, -0.1) is 0 Å². The third-order valence-electron chi connectivity index (χ3n) is 2.73. The van der Waals surface area contributed by atoms with Gasteiger partial charge >= 0.3 is 0 Å². The van der Waals surface area contributed by atoms with Gasteiger partial charge in [0.15, 0.2) is 0 Å². The van der Waals surface area contributed by atoms with Crippen LogP contribution in [0.15, 0.2) is 18.3 Å².